The Morgan fingerprint density at radius 1 is 1.07 bits per heavy atom. The van der Waals surface area contributed by atoms with Crippen molar-refractivity contribution in [3.8, 4) is 5.69 Å². The quantitative estimate of drug-likeness (QED) is 0.596. The SMILES string of the molecule is Cc1ccc(CN(C)C(=O)CSc2nnnn2-c2c(C)cccc2C)c(C)c1. The maximum absolute atomic E-state index is 12.6. The van der Waals surface area contributed by atoms with Gasteiger partial charge in [-0.05, 0) is 60.4 Å². The van der Waals surface area contributed by atoms with Crippen LogP contribution in [0.3, 0.4) is 0 Å². The molecule has 0 aliphatic carbocycles. The van der Waals surface area contributed by atoms with Gasteiger partial charge >= 0.3 is 0 Å². The third kappa shape index (κ3) is 4.42. The summed E-state index contributed by atoms with van der Waals surface area (Å²) in [7, 11) is 1.83. The largest absolute Gasteiger partial charge is 0.341 e. The Labute approximate surface area is 169 Å². The van der Waals surface area contributed by atoms with Crippen LogP contribution in [0.4, 0.5) is 0 Å². The third-order valence-electron chi connectivity index (χ3n) is 4.75. The molecule has 0 spiro atoms. The van der Waals surface area contributed by atoms with Gasteiger partial charge in [-0.1, -0.05) is 53.7 Å². The van der Waals surface area contributed by atoms with Crippen molar-refractivity contribution in [1.82, 2.24) is 25.1 Å². The first-order valence-electron chi connectivity index (χ1n) is 9.14. The molecule has 0 saturated heterocycles. The summed E-state index contributed by atoms with van der Waals surface area (Å²) in [5.41, 5.74) is 6.73. The minimum absolute atomic E-state index is 0.0426. The fraction of sp³-hybridized carbons (Fsp3) is 0.333. The van der Waals surface area contributed by atoms with Gasteiger partial charge in [0.05, 0.1) is 11.4 Å². The lowest BCUT2D eigenvalue weighted by atomic mass is 10.1. The van der Waals surface area contributed by atoms with Crippen LogP contribution in [0.1, 0.15) is 27.8 Å². The number of amides is 1. The summed E-state index contributed by atoms with van der Waals surface area (Å²) in [6.45, 7) is 8.80. The zero-order valence-corrected chi connectivity index (χ0v) is 17.7. The number of nitrogens with zero attached hydrogens (tertiary/aromatic N) is 5. The van der Waals surface area contributed by atoms with Crippen molar-refractivity contribution in [3.63, 3.8) is 0 Å². The monoisotopic (exact) mass is 395 g/mol. The molecule has 0 radical (unpaired) electrons. The Balaban J connectivity index is 1.68. The molecule has 3 rings (SSSR count). The number of hydrogen-bond acceptors (Lipinski definition) is 5. The molecule has 146 valence electrons. The highest BCUT2D eigenvalue weighted by Crippen LogP contribution is 2.23. The van der Waals surface area contributed by atoms with Gasteiger partial charge in [0.15, 0.2) is 0 Å². The van der Waals surface area contributed by atoms with E-state index in [1.807, 2.05) is 39.1 Å². The second-order valence-electron chi connectivity index (χ2n) is 7.08. The van der Waals surface area contributed by atoms with Crippen molar-refractivity contribution in [2.24, 2.45) is 0 Å². The molecule has 3 aromatic rings. The molecule has 28 heavy (non-hydrogen) atoms. The fourth-order valence-corrected chi connectivity index (χ4v) is 3.97. The number of hydrogen-bond donors (Lipinski definition) is 0. The minimum Gasteiger partial charge on any atom is -0.341 e. The van der Waals surface area contributed by atoms with Gasteiger partial charge in [0.25, 0.3) is 0 Å². The van der Waals surface area contributed by atoms with Gasteiger partial charge in [-0.2, -0.15) is 4.68 Å². The van der Waals surface area contributed by atoms with Crippen molar-refractivity contribution in [3.05, 3.63) is 64.2 Å². The molecule has 0 aliphatic heterocycles. The molecule has 2 aromatic carbocycles. The minimum atomic E-state index is 0.0426. The summed E-state index contributed by atoms with van der Waals surface area (Å²) < 4.78 is 1.72. The van der Waals surface area contributed by atoms with E-state index in [0.717, 1.165) is 22.4 Å². The smallest absolute Gasteiger partial charge is 0.233 e. The average Bonchev–Trinajstić information content (AvgIpc) is 3.10. The number of tetrazole rings is 1. The standard InChI is InChI=1S/C21H25N5OS/c1-14-9-10-18(17(4)11-14)12-25(5)19(27)13-28-21-22-23-24-26(21)20-15(2)7-6-8-16(20)3/h6-11H,12-13H2,1-5H3. The summed E-state index contributed by atoms with van der Waals surface area (Å²) in [6, 6.07) is 12.4. The molecule has 0 bridgehead atoms. The number of carbonyl (C=O) groups is 1. The van der Waals surface area contributed by atoms with E-state index in [-0.39, 0.29) is 11.7 Å². The molecule has 0 fully saturated rings. The number of thioether (sulfide) groups is 1. The summed E-state index contributed by atoms with van der Waals surface area (Å²) in [6.07, 6.45) is 0. The predicted molar refractivity (Wildman–Crippen MR) is 112 cm³/mol. The normalized spacial score (nSPS) is 10.9. The second-order valence-corrected chi connectivity index (χ2v) is 8.02. The summed E-state index contributed by atoms with van der Waals surface area (Å²) in [4.78, 5) is 14.4. The Morgan fingerprint density at radius 2 is 1.79 bits per heavy atom. The van der Waals surface area contributed by atoms with Crippen LogP contribution < -0.4 is 0 Å². The first kappa shape index (κ1) is 20.1. The fourth-order valence-electron chi connectivity index (χ4n) is 3.15. The topological polar surface area (TPSA) is 63.9 Å². The molecule has 1 amide bonds. The van der Waals surface area contributed by atoms with Crippen LogP contribution in [-0.4, -0.2) is 43.8 Å². The Morgan fingerprint density at radius 3 is 2.46 bits per heavy atom. The molecule has 0 N–H and O–H groups in total. The van der Waals surface area contributed by atoms with Crippen LogP contribution in [-0.2, 0) is 11.3 Å². The van der Waals surface area contributed by atoms with E-state index in [1.54, 1.807) is 9.58 Å². The second kappa shape index (κ2) is 8.56. The molecule has 1 aromatic heterocycles. The third-order valence-corrected chi connectivity index (χ3v) is 5.65. The van der Waals surface area contributed by atoms with E-state index in [1.165, 1.54) is 22.9 Å². The lowest BCUT2D eigenvalue weighted by Crippen LogP contribution is -2.28. The first-order valence-corrected chi connectivity index (χ1v) is 10.1. The van der Waals surface area contributed by atoms with Gasteiger partial charge in [0.2, 0.25) is 11.1 Å². The van der Waals surface area contributed by atoms with Crippen LogP contribution in [0.25, 0.3) is 5.69 Å². The molecule has 6 nitrogen and oxygen atoms in total. The van der Waals surface area contributed by atoms with E-state index < -0.39 is 0 Å². The van der Waals surface area contributed by atoms with Crippen molar-refractivity contribution < 1.29 is 4.79 Å². The van der Waals surface area contributed by atoms with Crippen molar-refractivity contribution in [2.45, 2.75) is 39.4 Å². The summed E-state index contributed by atoms with van der Waals surface area (Å²) in [5.74, 6) is 0.327. The van der Waals surface area contributed by atoms with Gasteiger partial charge < -0.3 is 4.90 Å². The van der Waals surface area contributed by atoms with Crippen molar-refractivity contribution in [1.29, 1.82) is 0 Å². The van der Waals surface area contributed by atoms with Gasteiger partial charge in [-0.25, -0.2) is 0 Å². The highest BCUT2D eigenvalue weighted by molar-refractivity contribution is 7.99. The van der Waals surface area contributed by atoms with Crippen LogP contribution in [0, 0.1) is 27.7 Å². The summed E-state index contributed by atoms with van der Waals surface area (Å²) in [5, 5.41) is 12.7. The average molecular weight is 396 g/mol. The van der Waals surface area contributed by atoms with E-state index in [9.17, 15) is 4.79 Å². The maximum Gasteiger partial charge on any atom is 0.233 e. The zero-order chi connectivity index (χ0) is 20.3. The highest BCUT2D eigenvalue weighted by Gasteiger charge is 2.17. The first-order chi connectivity index (χ1) is 13.4. The van der Waals surface area contributed by atoms with E-state index in [4.69, 9.17) is 0 Å². The van der Waals surface area contributed by atoms with Gasteiger partial charge in [-0.3, -0.25) is 4.79 Å². The molecular weight excluding hydrogens is 370 g/mol. The lowest BCUT2D eigenvalue weighted by molar-refractivity contribution is -0.127. The number of rotatable bonds is 6. The number of para-hydroxylation sites is 1. The van der Waals surface area contributed by atoms with Gasteiger partial charge in [0, 0.05) is 13.6 Å². The molecule has 0 unspecified atom stereocenters. The number of aryl methyl sites for hydroxylation is 4. The molecule has 0 atom stereocenters. The van der Waals surface area contributed by atoms with E-state index in [2.05, 4.69) is 47.6 Å². The highest BCUT2D eigenvalue weighted by atomic mass is 32.2. The molecular formula is C21H25N5OS. The zero-order valence-electron chi connectivity index (χ0n) is 16.9. The molecule has 1 heterocycles. The van der Waals surface area contributed by atoms with Gasteiger partial charge in [0.1, 0.15) is 0 Å². The molecule has 0 aliphatic rings. The Hall–Kier alpha value is -2.67. The Kier molecular flexibility index (Phi) is 6.14. The van der Waals surface area contributed by atoms with Crippen LogP contribution in [0.2, 0.25) is 0 Å². The molecule has 0 saturated carbocycles. The van der Waals surface area contributed by atoms with Crippen LogP contribution in [0.5, 0.6) is 0 Å². The number of carbonyl (C=O) groups excluding carboxylic acids is 1. The number of benzene rings is 2. The molecule has 7 heteroatoms. The van der Waals surface area contributed by atoms with Crippen molar-refractivity contribution >= 4 is 17.7 Å². The maximum atomic E-state index is 12.6. The Bertz CT molecular complexity index is 978. The number of aromatic nitrogens is 4. The summed E-state index contributed by atoms with van der Waals surface area (Å²) >= 11 is 1.36. The van der Waals surface area contributed by atoms with Gasteiger partial charge in [-0.15, -0.1) is 5.10 Å². The van der Waals surface area contributed by atoms with Crippen molar-refractivity contribution in [2.75, 3.05) is 12.8 Å². The van der Waals surface area contributed by atoms with Crippen LogP contribution in [0.15, 0.2) is 41.6 Å². The van der Waals surface area contributed by atoms with Crippen LogP contribution >= 0.6 is 11.8 Å². The lowest BCUT2D eigenvalue weighted by Gasteiger charge is -2.18. The van der Waals surface area contributed by atoms with E-state index >= 15 is 0 Å². The predicted octanol–water partition coefficient (Wildman–Crippen LogP) is 3.65. The van der Waals surface area contributed by atoms with E-state index in [0.29, 0.717) is 11.7 Å².